The van der Waals surface area contributed by atoms with Crippen LogP contribution in [0.15, 0.2) is 47.4 Å². The van der Waals surface area contributed by atoms with E-state index in [1.54, 1.807) is 18.2 Å². The number of para-hydroxylation sites is 1. The van der Waals surface area contributed by atoms with Crippen LogP contribution in [0.3, 0.4) is 0 Å². The summed E-state index contributed by atoms with van der Waals surface area (Å²) in [5.41, 5.74) is 0.892. The molecular weight excluding hydrogens is 352 g/mol. The summed E-state index contributed by atoms with van der Waals surface area (Å²) in [6, 6.07) is 10.7. The summed E-state index contributed by atoms with van der Waals surface area (Å²) in [4.78, 5) is -0.297. The highest BCUT2D eigenvalue weighted by atomic mass is 32.2. The number of phenolic OH excluding ortho intramolecular Hbond substituents is 1. The summed E-state index contributed by atoms with van der Waals surface area (Å²) < 4.78 is 38.1. The maximum atomic E-state index is 11.5. The van der Waals surface area contributed by atoms with Crippen LogP contribution in [-0.4, -0.2) is 18.1 Å². The van der Waals surface area contributed by atoms with Crippen molar-refractivity contribution in [3.63, 3.8) is 0 Å². The minimum atomic E-state index is -4.39. The highest BCUT2D eigenvalue weighted by Gasteiger charge is 2.17. The van der Waals surface area contributed by atoms with Gasteiger partial charge >= 0.3 is 0 Å². The summed E-state index contributed by atoms with van der Waals surface area (Å²) in [7, 11) is -4.39. The van der Waals surface area contributed by atoms with E-state index in [0.717, 1.165) is 24.8 Å². The first-order valence-electron chi connectivity index (χ1n) is 8.98. The molecule has 0 atom stereocenters. The van der Waals surface area contributed by atoms with Gasteiger partial charge in [-0.15, -0.1) is 0 Å². The average molecular weight is 378 g/mol. The van der Waals surface area contributed by atoms with E-state index in [9.17, 15) is 18.1 Å². The number of ether oxygens (including phenoxy) is 1. The monoisotopic (exact) mass is 378 g/mol. The molecule has 0 saturated heterocycles. The highest BCUT2D eigenvalue weighted by molar-refractivity contribution is 7.86. The molecule has 2 N–H and O–H groups in total. The van der Waals surface area contributed by atoms with Crippen LogP contribution >= 0.6 is 0 Å². The third kappa shape index (κ3) is 6.04. The Morgan fingerprint density at radius 3 is 2.35 bits per heavy atom. The maximum Gasteiger partial charge on any atom is 0.298 e. The Morgan fingerprint density at radius 1 is 0.923 bits per heavy atom. The van der Waals surface area contributed by atoms with Gasteiger partial charge in [-0.25, -0.2) is 0 Å². The molecule has 0 spiro atoms. The number of phenols is 1. The first kappa shape index (κ1) is 20.3. The molecule has 0 unspecified atom stereocenters. The highest BCUT2D eigenvalue weighted by Crippen LogP contribution is 2.33. The van der Waals surface area contributed by atoms with Gasteiger partial charge in [-0.1, -0.05) is 57.2 Å². The van der Waals surface area contributed by atoms with Crippen molar-refractivity contribution in [2.24, 2.45) is 0 Å². The Morgan fingerprint density at radius 2 is 1.62 bits per heavy atom. The Kier molecular flexibility index (Phi) is 7.48. The van der Waals surface area contributed by atoms with Gasteiger partial charge in [0.15, 0.2) is 0 Å². The first-order valence-corrected chi connectivity index (χ1v) is 10.4. The molecular formula is C20H26O5S. The minimum Gasteiger partial charge on any atom is -0.508 e. The van der Waals surface area contributed by atoms with E-state index in [-0.39, 0.29) is 16.4 Å². The van der Waals surface area contributed by atoms with Crippen molar-refractivity contribution in [2.45, 2.75) is 56.8 Å². The van der Waals surface area contributed by atoms with Gasteiger partial charge in [0.25, 0.3) is 10.1 Å². The second-order valence-corrected chi connectivity index (χ2v) is 7.72. The number of hydrogen-bond acceptors (Lipinski definition) is 4. The van der Waals surface area contributed by atoms with E-state index >= 15 is 0 Å². The predicted octanol–water partition coefficient (Wildman–Crippen LogP) is 5.33. The van der Waals surface area contributed by atoms with Gasteiger partial charge in [0.1, 0.15) is 22.1 Å². The normalized spacial score (nSPS) is 11.5. The smallest absolute Gasteiger partial charge is 0.298 e. The third-order valence-corrected chi connectivity index (χ3v) is 5.09. The lowest BCUT2D eigenvalue weighted by Crippen LogP contribution is -2.01. The molecule has 0 fully saturated rings. The van der Waals surface area contributed by atoms with Crippen molar-refractivity contribution in [1.29, 1.82) is 0 Å². The van der Waals surface area contributed by atoms with Crippen LogP contribution < -0.4 is 4.74 Å². The second kappa shape index (κ2) is 9.59. The molecule has 26 heavy (non-hydrogen) atoms. The van der Waals surface area contributed by atoms with Gasteiger partial charge in [-0.05, 0) is 36.6 Å². The number of hydrogen-bond donors (Lipinski definition) is 2. The van der Waals surface area contributed by atoms with Crippen molar-refractivity contribution >= 4 is 10.1 Å². The Labute approximate surface area is 155 Å². The molecule has 0 aliphatic heterocycles. The summed E-state index contributed by atoms with van der Waals surface area (Å²) in [6.45, 7) is 2.19. The largest absolute Gasteiger partial charge is 0.508 e. The standard InChI is InChI=1S/C20H26O5S/c1-2-3-4-5-6-7-10-16-13-14-17(21)15-19(16)25-18-11-8-9-12-20(18)26(22,23)24/h8-9,11-15,21H,2-7,10H2,1H3,(H,22,23,24). The fraction of sp³-hybridized carbons (Fsp3) is 0.400. The molecule has 0 heterocycles. The molecule has 2 aromatic carbocycles. The number of unbranched alkanes of at least 4 members (excludes halogenated alkanes) is 5. The molecule has 0 amide bonds. The molecule has 6 heteroatoms. The molecule has 142 valence electrons. The summed E-state index contributed by atoms with van der Waals surface area (Å²) >= 11 is 0. The predicted molar refractivity (Wildman–Crippen MR) is 102 cm³/mol. The van der Waals surface area contributed by atoms with Crippen molar-refractivity contribution in [2.75, 3.05) is 0 Å². The van der Waals surface area contributed by atoms with E-state index in [2.05, 4.69) is 6.92 Å². The van der Waals surface area contributed by atoms with Crippen molar-refractivity contribution in [3.05, 3.63) is 48.0 Å². The zero-order valence-electron chi connectivity index (χ0n) is 15.0. The quantitative estimate of drug-likeness (QED) is 0.431. The number of benzene rings is 2. The lowest BCUT2D eigenvalue weighted by molar-refractivity contribution is 0.436. The van der Waals surface area contributed by atoms with E-state index < -0.39 is 10.1 Å². The minimum absolute atomic E-state index is 0.0322. The molecule has 5 nitrogen and oxygen atoms in total. The molecule has 0 aromatic heterocycles. The second-order valence-electron chi connectivity index (χ2n) is 6.33. The Balaban J connectivity index is 2.13. The Bertz CT molecular complexity index is 815. The van der Waals surface area contributed by atoms with E-state index in [4.69, 9.17) is 4.74 Å². The van der Waals surface area contributed by atoms with Crippen LogP contribution in [-0.2, 0) is 16.5 Å². The Hall–Kier alpha value is -2.05. The number of aryl methyl sites for hydroxylation is 1. The van der Waals surface area contributed by atoms with Crippen LogP contribution in [0.4, 0.5) is 0 Å². The van der Waals surface area contributed by atoms with Crippen molar-refractivity contribution < 1.29 is 22.8 Å². The van der Waals surface area contributed by atoms with Crippen LogP contribution in [0.25, 0.3) is 0 Å². The molecule has 2 rings (SSSR count). The first-order chi connectivity index (χ1) is 12.4. The van der Waals surface area contributed by atoms with Gasteiger partial charge in [-0.3, -0.25) is 4.55 Å². The molecule has 0 bridgehead atoms. The van der Waals surface area contributed by atoms with E-state index in [0.29, 0.717) is 5.75 Å². The fourth-order valence-electron chi connectivity index (χ4n) is 2.81. The van der Waals surface area contributed by atoms with E-state index in [1.165, 1.54) is 49.9 Å². The summed E-state index contributed by atoms with van der Waals surface area (Å²) in [5.74, 6) is 0.468. The SMILES string of the molecule is CCCCCCCCc1ccc(O)cc1Oc1ccccc1S(=O)(=O)O. The number of rotatable bonds is 10. The lowest BCUT2D eigenvalue weighted by atomic mass is 10.0. The fourth-order valence-corrected chi connectivity index (χ4v) is 3.42. The third-order valence-electron chi connectivity index (χ3n) is 4.20. The van der Waals surface area contributed by atoms with Gasteiger partial charge in [0.05, 0.1) is 0 Å². The molecule has 0 aliphatic rings. The average Bonchev–Trinajstić information content (AvgIpc) is 2.59. The molecule has 2 aromatic rings. The van der Waals surface area contributed by atoms with Crippen molar-refractivity contribution in [3.8, 4) is 17.2 Å². The maximum absolute atomic E-state index is 11.5. The van der Waals surface area contributed by atoms with Crippen molar-refractivity contribution in [1.82, 2.24) is 0 Å². The van der Waals surface area contributed by atoms with Gasteiger partial charge in [0.2, 0.25) is 0 Å². The molecule has 0 saturated carbocycles. The van der Waals surface area contributed by atoms with Crippen LogP contribution in [0.1, 0.15) is 51.0 Å². The van der Waals surface area contributed by atoms with Crippen LogP contribution in [0, 0.1) is 0 Å². The zero-order chi connectivity index (χ0) is 19.0. The topological polar surface area (TPSA) is 83.8 Å². The molecule has 0 aliphatic carbocycles. The summed E-state index contributed by atoms with van der Waals surface area (Å²) in [5, 5.41) is 9.77. The lowest BCUT2D eigenvalue weighted by Gasteiger charge is -2.13. The van der Waals surface area contributed by atoms with Gasteiger partial charge in [-0.2, -0.15) is 8.42 Å². The van der Waals surface area contributed by atoms with E-state index in [1.807, 2.05) is 0 Å². The molecule has 0 radical (unpaired) electrons. The van der Waals surface area contributed by atoms with Crippen LogP contribution in [0.2, 0.25) is 0 Å². The number of aromatic hydroxyl groups is 1. The summed E-state index contributed by atoms with van der Waals surface area (Å²) in [6.07, 6.45) is 7.76. The van der Waals surface area contributed by atoms with Gasteiger partial charge < -0.3 is 9.84 Å². The van der Waals surface area contributed by atoms with Gasteiger partial charge in [0, 0.05) is 6.07 Å². The van der Waals surface area contributed by atoms with Crippen LogP contribution in [0.5, 0.6) is 17.2 Å². The zero-order valence-corrected chi connectivity index (χ0v) is 15.8.